The first-order chi connectivity index (χ1) is 15.6. The second kappa shape index (κ2) is 11.8. The van der Waals surface area contributed by atoms with E-state index in [0.717, 1.165) is 11.3 Å². The van der Waals surface area contributed by atoms with Gasteiger partial charge in [0.2, 0.25) is 0 Å². The zero-order valence-electron chi connectivity index (χ0n) is 18.1. The van der Waals surface area contributed by atoms with Crippen molar-refractivity contribution in [3.8, 4) is 0 Å². The second-order valence-corrected chi connectivity index (χ2v) is 7.35. The average Bonchev–Trinajstić information content (AvgIpc) is 3.28. The van der Waals surface area contributed by atoms with Crippen molar-refractivity contribution in [1.82, 2.24) is 15.3 Å². The summed E-state index contributed by atoms with van der Waals surface area (Å²) in [6.07, 6.45) is 4.14. The predicted molar refractivity (Wildman–Crippen MR) is 119 cm³/mol. The minimum Gasteiger partial charge on any atom is -0.466 e. The molecule has 0 bridgehead atoms. The number of rotatable bonds is 11. The van der Waals surface area contributed by atoms with Gasteiger partial charge in [-0.3, -0.25) is 14.6 Å². The maximum absolute atomic E-state index is 12.4. The highest BCUT2D eigenvalue weighted by Crippen LogP contribution is 2.25. The lowest BCUT2D eigenvalue weighted by atomic mass is 9.92. The summed E-state index contributed by atoms with van der Waals surface area (Å²) < 4.78 is 10.6. The summed E-state index contributed by atoms with van der Waals surface area (Å²) in [5.41, 5.74) is 8.06. The number of hydrogen-bond donors (Lipinski definition) is 2. The van der Waals surface area contributed by atoms with Gasteiger partial charge in [-0.25, -0.2) is 4.98 Å². The van der Waals surface area contributed by atoms with Crippen molar-refractivity contribution >= 4 is 11.9 Å². The van der Waals surface area contributed by atoms with Gasteiger partial charge >= 0.3 is 5.97 Å². The van der Waals surface area contributed by atoms with Gasteiger partial charge in [-0.15, -0.1) is 0 Å². The van der Waals surface area contributed by atoms with Gasteiger partial charge in [0.25, 0.3) is 5.91 Å². The van der Waals surface area contributed by atoms with Gasteiger partial charge in [0.1, 0.15) is 6.26 Å². The van der Waals surface area contributed by atoms with Crippen LogP contribution in [0.1, 0.15) is 59.4 Å². The lowest BCUT2D eigenvalue weighted by Gasteiger charge is -2.14. The van der Waals surface area contributed by atoms with Crippen LogP contribution in [-0.4, -0.2) is 35.0 Å². The molecule has 1 amide bonds. The summed E-state index contributed by atoms with van der Waals surface area (Å²) in [5.74, 6) is -0.398. The van der Waals surface area contributed by atoms with Gasteiger partial charge in [-0.2, -0.15) is 0 Å². The molecule has 32 heavy (non-hydrogen) atoms. The maximum Gasteiger partial charge on any atom is 0.306 e. The highest BCUT2D eigenvalue weighted by atomic mass is 16.5. The van der Waals surface area contributed by atoms with Crippen LogP contribution in [0.5, 0.6) is 0 Å². The van der Waals surface area contributed by atoms with Gasteiger partial charge < -0.3 is 20.2 Å². The van der Waals surface area contributed by atoms with E-state index in [2.05, 4.69) is 15.3 Å². The molecule has 3 aromatic rings. The molecule has 2 atom stereocenters. The Morgan fingerprint density at radius 1 is 1.16 bits per heavy atom. The molecule has 2 unspecified atom stereocenters. The van der Waals surface area contributed by atoms with Crippen LogP contribution in [0.3, 0.4) is 0 Å². The van der Waals surface area contributed by atoms with E-state index in [9.17, 15) is 9.59 Å². The Morgan fingerprint density at radius 2 is 1.94 bits per heavy atom. The Labute approximate surface area is 187 Å². The number of carbonyl (C=O) groups excluding carboxylic acids is 2. The number of benzene rings is 1. The van der Waals surface area contributed by atoms with E-state index in [4.69, 9.17) is 14.9 Å². The molecule has 0 aliphatic heterocycles. The Kier molecular flexibility index (Phi) is 8.51. The SMILES string of the molecule is CCOC(=O)CC(Cc1nc(C(=O)NCCC(N)c2ccccn2)co1)c1ccccc1. The number of hydrogen-bond acceptors (Lipinski definition) is 7. The van der Waals surface area contributed by atoms with Crippen molar-refractivity contribution in [2.24, 2.45) is 5.73 Å². The van der Waals surface area contributed by atoms with Crippen LogP contribution >= 0.6 is 0 Å². The molecule has 2 aromatic heterocycles. The molecular formula is C24H28N4O4. The predicted octanol–water partition coefficient (Wildman–Crippen LogP) is 3.17. The van der Waals surface area contributed by atoms with E-state index in [-0.39, 0.29) is 36.0 Å². The van der Waals surface area contributed by atoms with Crippen molar-refractivity contribution in [1.29, 1.82) is 0 Å². The van der Waals surface area contributed by atoms with E-state index in [1.165, 1.54) is 6.26 Å². The standard InChI is InChI=1S/C24H28N4O4/c1-2-31-23(29)15-18(17-8-4-3-5-9-17)14-22-28-21(16-32-22)24(30)27-13-11-19(25)20-10-6-7-12-26-20/h3-10,12,16,18-19H,2,11,13-15,25H2,1H3,(H,27,30). The van der Waals surface area contributed by atoms with Gasteiger partial charge in [0.05, 0.1) is 18.7 Å². The molecule has 2 heterocycles. The number of carbonyl (C=O) groups is 2. The Bertz CT molecular complexity index is 992. The fourth-order valence-electron chi connectivity index (χ4n) is 3.35. The third-order valence-corrected chi connectivity index (χ3v) is 5.00. The minimum absolute atomic E-state index is 0.166. The van der Waals surface area contributed by atoms with E-state index >= 15 is 0 Å². The number of nitrogens with two attached hydrogens (primary N) is 1. The molecule has 1 aromatic carbocycles. The van der Waals surface area contributed by atoms with Crippen molar-refractivity contribution < 1.29 is 18.7 Å². The number of nitrogens with one attached hydrogen (secondary N) is 1. The Hall–Kier alpha value is -3.52. The van der Waals surface area contributed by atoms with Gasteiger partial charge in [-0.05, 0) is 31.0 Å². The summed E-state index contributed by atoms with van der Waals surface area (Å²) in [6.45, 7) is 2.49. The molecule has 8 nitrogen and oxygen atoms in total. The molecule has 0 fully saturated rings. The summed E-state index contributed by atoms with van der Waals surface area (Å²) in [4.78, 5) is 33.0. The van der Waals surface area contributed by atoms with Gasteiger partial charge in [0, 0.05) is 31.1 Å². The van der Waals surface area contributed by atoms with Crippen LogP contribution in [-0.2, 0) is 16.0 Å². The highest BCUT2D eigenvalue weighted by molar-refractivity contribution is 5.91. The van der Waals surface area contributed by atoms with Crippen molar-refractivity contribution in [2.75, 3.05) is 13.2 Å². The fourth-order valence-corrected chi connectivity index (χ4v) is 3.35. The van der Waals surface area contributed by atoms with Crippen LogP contribution in [0, 0.1) is 0 Å². The number of amides is 1. The van der Waals surface area contributed by atoms with Crippen LogP contribution in [0.2, 0.25) is 0 Å². The van der Waals surface area contributed by atoms with E-state index < -0.39 is 0 Å². The zero-order chi connectivity index (χ0) is 22.8. The normalized spacial score (nSPS) is 12.7. The van der Waals surface area contributed by atoms with E-state index in [1.54, 1.807) is 13.1 Å². The molecule has 168 valence electrons. The number of nitrogens with zero attached hydrogens (tertiary/aromatic N) is 2. The van der Waals surface area contributed by atoms with E-state index in [0.29, 0.717) is 31.9 Å². The minimum atomic E-state index is -0.338. The molecule has 0 spiro atoms. The smallest absolute Gasteiger partial charge is 0.306 e. The van der Waals surface area contributed by atoms with Crippen molar-refractivity contribution in [3.05, 3.63) is 83.8 Å². The van der Waals surface area contributed by atoms with E-state index in [1.807, 2.05) is 48.5 Å². The quantitative estimate of drug-likeness (QED) is 0.443. The van der Waals surface area contributed by atoms with Crippen LogP contribution < -0.4 is 11.1 Å². The highest BCUT2D eigenvalue weighted by Gasteiger charge is 2.21. The summed E-state index contributed by atoms with van der Waals surface area (Å²) in [5, 5.41) is 2.80. The molecule has 0 saturated heterocycles. The third-order valence-electron chi connectivity index (χ3n) is 5.00. The Morgan fingerprint density at radius 3 is 2.66 bits per heavy atom. The molecule has 0 aliphatic rings. The first kappa shape index (κ1) is 23.1. The lowest BCUT2D eigenvalue weighted by Crippen LogP contribution is -2.27. The number of esters is 1. The number of oxazole rings is 1. The summed E-state index contributed by atoms with van der Waals surface area (Å²) in [7, 11) is 0. The summed E-state index contributed by atoms with van der Waals surface area (Å²) in [6, 6.07) is 14.9. The zero-order valence-corrected chi connectivity index (χ0v) is 18.1. The molecule has 8 heteroatoms. The van der Waals surface area contributed by atoms with Crippen LogP contribution in [0.4, 0.5) is 0 Å². The molecular weight excluding hydrogens is 408 g/mol. The molecule has 0 radical (unpaired) electrons. The van der Waals surface area contributed by atoms with Crippen molar-refractivity contribution in [2.45, 2.75) is 38.1 Å². The first-order valence-corrected chi connectivity index (χ1v) is 10.7. The fraction of sp³-hybridized carbons (Fsp3) is 0.333. The molecule has 0 aliphatic carbocycles. The number of aromatic nitrogens is 2. The second-order valence-electron chi connectivity index (χ2n) is 7.35. The maximum atomic E-state index is 12.4. The number of pyridine rings is 1. The monoisotopic (exact) mass is 436 g/mol. The van der Waals surface area contributed by atoms with Crippen LogP contribution in [0.25, 0.3) is 0 Å². The molecule has 3 N–H and O–H groups in total. The largest absolute Gasteiger partial charge is 0.466 e. The molecule has 3 rings (SSSR count). The molecule has 0 saturated carbocycles. The first-order valence-electron chi connectivity index (χ1n) is 10.7. The van der Waals surface area contributed by atoms with Crippen LogP contribution in [0.15, 0.2) is 65.4 Å². The number of ether oxygens (including phenoxy) is 1. The lowest BCUT2D eigenvalue weighted by molar-refractivity contribution is -0.143. The third kappa shape index (κ3) is 6.75. The van der Waals surface area contributed by atoms with Gasteiger partial charge in [0.15, 0.2) is 11.6 Å². The van der Waals surface area contributed by atoms with Gasteiger partial charge in [-0.1, -0.05) is 36.4 Å². The summed E-state index contributed by atoms with van der Waals surface area (Å²) >= 11 is 0. The van der Waals surface area contributed by atoms with Crippen molar-refractivity contribution in [3.63, 3.8) is 0 Å². The Balaban J connectivity index is 1.56. The topological polar surface area (TPSA) is 120 Å². The average molecular weight is 437 g/mol.